The summed E-state index contributed by atoms with van der Waals surface area (Å²) in [6.45, 7) is 9.72. The second-order valence-electron chi connectivity index (χ2n) is 24.2. The number of aryl methyl sites for hydroxylation is 8. The molecule has 0 fully saturated rings. The molecule has 104 heavy (non-hydrogen) atoms. The fraction of sp³-hybridized carbons (Fsp3) is 0.118. The van der Waals surface area contributed by atoms with E-state index in [0.29, 0.717) is 33.6 Å². The molecule has 5 aromatic heterocycles. The van der Waals surface area contributed by atoms with Crippen molar-refractivity contribution in [2.45, 2.75) is 47.0 Å². The van der Waals surface area contributed by atoms with E-state index in [1.807, 2.05) is 30.6 Å². The van der Waals surface area contributed by atoms with Crippen LogP contribution in [0.3, 0.4) is 0 Å². The number of alkyl halides is 6. The number of aromatic nitrogens is 7. The van der Waals surface area contributed by atoms with Gasteiger partial charge in [-0.1, -0.05) is 157 Å². The monoisotopic (exact) mass is 1430 g/mol. The van der Waals surface area contributed by atoms with Gasteiger partial charge in [0.05, 0.1) is 51.4 Å². The first-order valence-corrected chi connectivity index (χ1v) is 33.5. The first-order chi connectivity index (χ1) is 49.8. The Kier molecular flexibility index (Phi) is 24.1. The van der Waals surface area contributed by atoms with Crippen molar-refractivity contribution in [2.75, 3.05) is 0 Å². The molecule has 0 unspecified atom stereocenters. The van der Waals surface area contributed by atoms with Gasteiger partial charge in [-0.25, -0.2) is 22.0 Å². The second-order valence-corrected chi connectivity index (χ2v) is 25.3. The van der Waals surface area contributed by atoms with Crippen molar-refractivity contribution in [2.24, 2.45) is 21.1 Å². The summed E-state index contributed by atoms with van der Waals surface area (Å²) in [6, 6.07) is 77.3. The van der Waals surface area contributed by atoms with E-state index >= 15 is 0 Å². The molecule has 19 heteroatoms. The van der Waals surface area contributed by atoms with Gasteiger partial charge < -0.3 is 0 Å². The molecular weight excluding hydrogens is 1360 g/mol. The minimum Gasteiger partial charge on any atom is -0.256 e. The molecule has 5 heterocycles. The zero-order valence-electron chi connectivity index (χ0n) is 57.8. The van der Waals surface area contributed by atoms with Crippen molar-refractivity contribution in [3.05, 3.63) is 354 Å². The normalized spacial score (nSPS) is 11.0. The van der Waals surface area contributed by atoms with Crippen LogP contribution in [0.2, 0.25) is 0 Å². The van der Waals surface area contributed by atoms with Crippen LogP contribution in [0, 0.1) is 63.7 Å². The Labute approximate surface area is 599 Å². The Bertz CT molecular complexity index is 5270. The number of para-hydroxylation sites is 4. The number of hydrogen-bond acceptors (Lipinski definition) is 3. The van der Waals surface area contributed by atoms with Gasteiger partial charge in [0, 0.05) is 41.7 Å². The molecule has 0 bridgehead atoms. The Morgan fingerprint density at radius 1 is 0.385 bits per heavy atom. The lowest BCUT2D eigenvalue weighted by Crippen LogP contribution is -2.38. The zero-order chi connectivity index (χ0) is 74.4. The van der Waals surface area contributed by atoms with Crippen molar-refractivity contribution >= 4 is 32.5 Å². The van der Waals surface area contributed by atoms with E-state index in [1.165, 1.54) is 84.0 Å². The predicted molar refractivity (Wildman–Crippen MR) is 390 cm³/mol. The molecule has 0 radical (unpaired) electrons. The van der Waals surface area contributed by atoms with Crippen LogP contribution in [0.25, 0.3) is 87.8 Å². The van der Waals surface area contributed by atoms with E-state index in [-0.39, 0.29) is 5.56 Å². The third-order valence-corrected chi connectivity index (χ3v) is 18.2. The molecule has 0 saturated carbocycles. The molecule has 0 aliphatic carbocycles. The van der Waals surface area contributed by atoms with Gasteiger partial charge in [0.2, 0.25) is 16.9 Å². The highest BCUT2D eigenvalue weighted by Gasteiger charge is 2.32. The summed E-state index contributed by atoms with van der Waals surface area (Å²) in [5.74, 6) is -9.76. The highest BCUT2D eigenvalue weighted by molar-refractivity contribution is 7.21. The lowest BCUT2D eigenvalue weighted by atomic mass is 9.98. The highest BCUT2D eigenvalue weighted by Crippen LogP contribution is 2.37. The number of thiazole rings is 1. The maximum Gasteiger partial charge on any atom is 0.416 e. The largest absolute Gasteiger partial charge is 0.416 e. The SMILES string of the molecule is Cc1cc(-c2ccccn2)cc(C(F)(F)F)c1.Cc1cc(C(F)(F)F)ccc1-c1ccccn1.Cc1ccccc1-c1sc2ccccc2[n+]1C.Cc1ccccc1-n1cc2ccccc2[n+]1C.Cc1ccccc1-n1ccc[n+]1C.Fc1c(F)c(F)c(-c2cccc(-c3ccccc3)c2)c(F)c1F. The summed E-state index contributed by atoms with van der Waals surface area (Å²) in [5, 5.41) is 2.59. The third kappa shape index (κ3) is 17.9. The van der Waals surface area contributed by atoms with E-state index in [0.717, 1.165) is 35.4 Å². The van der Waals surface area contributed by atoms with Gasteiger partial charge in [0.1, 0.15) is 23.1 Å². The van der Waals surface area contributed by atoms with Crippen LogP contribution in [0.5, 0.6) is 0 Å². The molecule has 526 valence electrons. The summed E-state index contributed by atoms with van der Waals surface area (Å²) in [4.78, 5) is 8.17. The Balaban J connectivity index is 0.000000135. The Morgan fingerprint density at radius 2 is 0.913 bits per heavy atom. The van der Waals surface area contributed by atoms with Crippen molar-refractivity contribution < 1.29 is 62.2 Å². The minimum atomic E-state index is -4.32. The number of hydrogen-bond donors (Lipinski definition) is 0. The number of fused-ring (bicyclic) bond motifs is 2. The summed E-state index contributed by atoms with van der Waals surface area (Å²) < 4.78 is 155. The average molecular weight is 1430 g/mol. The standard InChI is InChI=1S/C18H9F5.C15H15N2.C15H14NS.2C13H10F3N.C11H13N2/c19-14-13(15(20)17(22)18(23)16(14)21)12-8-4-7-11(9-12)10-5-2-1-3-6-10;1-12-7-3-5-9-14(12)17-11-13-8-4-6-10-15(13)16(17)2;1-11-7-3-4-8-12(11)15-16(2)13-9-5-6-10-14(13)17-15;1-9-8-10(13(14,15)16)5-6-11(9)12-4-2-3-7-17-12;1-9-6-10(12-4-2-3-5-17-12)8-11(7-9)13(14,15)16;1-10-6-3-4-7-11(10)13-9-5-8-12(13)2/h1-9H;3-11H,1-2H3;3-10H,1-2H3;2*2-8H,1H3;3-9H,1-2H3/q;2*+1;;;+1. The number of halogens is 11. The first-order valence-electron chi connectivity index (χ1n) is 32.7. The molecule has 0 spiro atoms. The fourth-order valence-corrected chi connectivity index (χ4v) is 12.8. The van der Waals surface area contributed by atoms with Gasteiger partial charge in [-0.15, -0.1) is 18.7 Å². The second kappa shape index (κ2) is 33.4. The van der Waals surface area contributed by atoms with Crippen molar-refractivity contribution in [3.8, 4) is 66.7 Å². The van der Waals surface area contributed by atoms with E-state index in [1.54, 1.807) is 105 Å². The summed E-state index contributed by atoms with van der Waals surface area (Å²) in [5.41, 5.74) is 12.9. The molecule has 0 aliphatic rings. The molecule has 0 saturated heterocycles. The van der Waals surface area contributed by atoms with Crippen LogP contribution in [0.4, 0.5) is 48.3 Å². The summed E-state index contributed by atoms with van der Waals surface area (Å²) in [7, 11) is 6.27. The predicted octanol–water partition coefficient (Wildman–Crippen LogP) is 21.9. The van der Waals surface area contributed by atoms with Gasteiger partial charge in [-0.2, -0.15) is 30.9 Å². The minimum absolute atomic E-state index is 0.0841. The topological polar surface area (TPSA) is 47.3 Å². The molecule has 0 aliphatic heterocycles. The summed E-state index contributed by atoms with van der Waals surface area (Å²) >= 11 is 1.85. The summed E-state index contributed by atoms with van der Waals surface area (Å²) in [6.07, 6.45) is 0.826. The molecule has 7 nitrogen and oxygen atoms in total. The van der Waals surface area contributed by atoms with Crippen LogP contribution in [0.15, 0.2) is 286 Å². The van der Waals surface area contributed by atoms with E-state index < -0.39 is 58.1 Å². The smallest absolute Gasteiger partial charge is 0.256 e. The molecule has 15 aromatic rings. The number of nitrogens with zero attached hydrogens (tertiary/aromatic N) is 7. The van der Waals surface area contributed by atoms with E-state index in [4.69, 9.17) is 0 Å². The highest BCUT2D eigenvalue weighted by atomic mass is 32.1. The molecule has 10 aromatic carbocycles. The van der Waals surface area contributed by atoms with Crippen molar-refractivity contribution in [1.29, 1.82) is 0 Å². The third-order valence-electron chi connectivity index (χ3n) is 16.9. The molecule has 15 rings (SSSR count). The van der Waals surface area contributed by atoms with Gasteiger partial charge in [-0.3, -0.25) is 9.97 Å². The molecule has 0 amide bonds. The van der Waals surface area contributed by atoms with Gasteiger partial charge in [-0.05, 0) is 170 Å². The van der Waals surface area contributed by atoms with Gasteiger partial charge >= 0.3 is 12.4 Å². The lowest BCUT2D eigenvalue weighted by Gasteiger charge is -2.10. The number of rotatable bonds is 7. The van der Waals surface area contributed by atoms with Crippen LogP contribution >= 0.6 is 11.3 Å². The van der Waals surface area contributed by atoms with Gasteiger partial charge in [0.25, 0.3) is 5.01 Å². The van der Waals surface area contributed by atoms with Crippen LogP contribution in [-0.4, -0.2) is 19.3 Å². The lowest BCUT2D eigenvalue weighted by molar-refractivity contribution is -0.744. The molecular formula is C85H71F11N7S+3. The average Bonchev–Trinajstić information content (AvgIpc) is 0.802. The van der Waals surface area contributed by atoms with E-state index in [2.05, 4.69) is 202 Å². The maximum absolute atomic E-state index is 13.9. The Morgan fingerprint density at radius 3 is 1.48 bits per heavy atom. The van der Waals surface area contributed by atoms with Crippen LogP contribution in [-0.2, 0) is 33.5 Å². The quantitative estimate of drug-likeness (QED) is 0.0691. The van der Waals surface area contributed by atoms with Gasteiger partial charge in [0.15, 0.2) is 43.6 Å². The van der Waals surface area contributed by atoms with Crippen molar-refractivity contribution in [1.82, 2.24) is 19.3 Å². The first kappa shape index (κ1) is 75.0. The number of pyridine rings is 2. The van der Waals surface area contributed by atoms with Crippen molar-refractivity contribution in [3.63, 3.8) is 0 Å². The molecule has 0 N–H and O–H groups in total. The molecule has 0 atom stereocenters. The van der Waals surface area contributed by atoms with Crippen LogP contribution in [0.1, 0.15) is 38.9 Å². The van der Waals surface area contributed by atoms with E-state index in [9.17, 15) is 48.3 Å². The number of benzene rings is 10. The maximum atomic E-state index is 13.9. The Hall–Kier alpha value is -11.7. The van der Waals surface area contributed by atoms with Crippen LogP contribution < -0.4 is 13.9 Å². The fourth-order valence-electron chi connectivity index (χ4n) is 11.5. The zero-order valence-corrected chi connectivity index (χ0v) is 58.6.